The predicted octanol–water partition coefficient (Wildman–Crippen LogP) is 3.02. The van der Waals surface area contributed by atoms with E-state index in [2.05, 4.69) is 25.2 Å². The first-order valence-corrected chi connectivity index (χ1v) is 5.19. The van der Waals surface area contributed by atoms with Crippen molar-refractivity contribution in [3.8, 4) is 5.75 Å². The molecule has 78 valence electrons. The zero-order valence-corrected chi connectivity index (χ0v) is 9.17. The van der Waals surface area contributed by atoms with Gasteiger partial charge in [-0.25, -0.2) is 0 Å². The van der Waals surface area contributed by atoms with Crippen LogP contribution in [0.15, 0.2) is 18.2 Å². The third-order valence-corrected chi connectivity index (χ3v) is 2.11. The second-order valence-electron chi connectivity index (χ2n) is 3.94. The van der Waals surface area contributed by atoms with Crippen molar-refractivity contribution < 1.29 is 5.11 Å². The highest BCUT2D eigenvalue weighted by molar-refractivity contribution is 5.61. The van der Waals surface area contributed by atoms with Crippen LogP contribution in [0.25, 0.3) is 0 Å². The molecule has 0 amide bonds. The van der Waals surface area contributed by atoms with Crippen LogP contribution in [0.3, 0.4) is 0 Å². The fourth-order valence-electron chi connectivity index (χ4n) is 1.58. The highest BCUT2D eigenvalue weighted by atomic mass is 16.3. The number of benzene rings is 1. The smallest absolute Gasteiger partial charge is 0.138 e. The van der Waals surface area contributed by atoms with Crippen molar-refractivity contribution in [2.45, 2.75) is 27.2 Å². The van der Waals surface area contributed by atoms with Crippen LogP contribution >= 0.6 is 0 Å². The molecule has 1 rings (SSSR count). The first kappa shape index (κ1) is 10.9. The number of rotatable bonds is 4. The molecule has 2 N–H and O–H groups in total. The minimum absolute atomic E-state index is 0.352. The average molecular weight is 193 g/mol. The van der Waals surface area contributed by atoms with Gasteiger partial charge in [-0.2, -0.15) is 0 Å². The molecule has 0 aliphatic heterocycles. The molecule has 0 fully saturated rings. The summed E-state index contributed by atoms with van der Waals surface area (Å²) >= 11 is 0. The van der Waals surface area contributed by atoms with Crippen LogP contribution < -0.4 is 5.32 Å². The van der Waals surface area contributed by atoms with E-state index in [9.17, 15) is 5.11 Å². The molecule has 0 atom stereocenters. The van der Waals surface area contributed by atoms with Gasteiger partial charge in [0.25, 0.3) is 0 Å². The van der Waals surface area contributed by atoms with Gasteiger partial charge in [-0.15, -0.1) is 0 Å². The lowest BCUT2D eigenvalue weighted by Crippen LogP contribution is -2.03. The number of hydrogen-bond acceptors (Lipinski definition) is 2. The van der Waals surface area contributed by atoms with Gasteiger partial charge in [0.15, 0.2) is 0 Å². The lowest BCUT2D eigenvalue weighted by Gasteiger charge is -2.13. The van der Waals surface area contributed by atoms with E-state index in [0.717, 1.165) is 18.7 Å². The van der Waals surface area contributed by atoms with E-state index in [4.69, 9.17) is 0 Å². The van der Waals surface area contributed by atoms with Gasteiger partial charge in [0, 0.05) is 6.54 Å². The van der Waals surface area contributed by atoms with Crippen LogP contribution in [0.4, 0.5) is 5.69 Å². The van der Waals surface area contributed by atoms with Crippen LogP contribution in [0, 0.1) is 5.92 Å². The summed E-state index contributed by atoms with van der Waals surface area (Å²) in [6.07, 6.45) is 0.997. The van der Waals surface area contributed by atoms with Crippen LogP contribution in [0.2, 0.25) is 0 Å². The number of hydrogen-bond donors (Lipinski definition) is 2. The molecule has 1 aromatic carbocycles. The third kappa shape index (κ3) is 2.66. The van der Waals surface area contributed by atoms with Crippen molar-refractivity contribution in [1.29, 1.82) is 0 Å². The minimum Gasteiger partial charge on any atom is -0.506 e. The zero-order valence-electron chi connectivity index (χ0n) is 9.17. The average Bonchev–Trinajstić information content (AvgIpc) is 2.10. The highest BCUT2D eigenvalue weighted by Crippen LogP contribution is 2.28. The molecular weight excluding hydrogens is 174 g/mol. The van der Waals surface area contributed by atoms with Gasteiger partial charge in [-0.1, -0.05) is 26.0 Å². The van der Waals surface area contributed by atoms with E-state index >= 15 is 0 Å². The molecule has 0 heterocycles. The topological polar surface area (TPSA) is 32.3 Å². The molecule has 0 spiro atoms. The summed E-state index contributed by atoms with van der Waals surface area (Å²) in [5, 5.41) is 12.9. The Morgan fingerprint density at radius 1 is 1.36 bits per heavy atom. The number of aromatic hydroxyl groups is 1. The number of phenols is 1. The number of phenolic OH excluding ortho intramolecular Hbond substituents is 1. The highest BCUT2D eigenvalue weighted by Gasteiger charge is 2.07. The standard InChI is InChI=1S/C12H19NO/c1-4-13-12-10(8-9(2)3)6-5-7-11(12)14/h5-7,9,13-14H,4,8H2,1-3H3. The Labute approximate surface area is 86.0 Å². The van der Waals surface area contributed by atoms with Gasteiger partial charge in [0.05, 0.1) is 5.69 Å². The summed E-state index contributed by atoms with van der Waals surface area (Å²) < 4.78 is 0. The number of anilines is 1. The molecule has 0 aliphatic carbocycles. The van der Waals surface area contributed by atoms with Crippen molar-refractivity contribution in [2.24, 2.45) is 5.92 Å². The van der Waals surface area contributed by atoms with Gasteiger partial charge in [0.1, 0.15) is 5.75 Å². The van der Waals surface area contributed by atoms with Gasteiger partial charge < -0.3 is 10.4 Å². The zero-order chi connectivity index (χ0) is 10.6. The SMILES string of the molecule is CCNc1c(O)cccc1CC(C)C. The quantitative estimate of drug-likeness (QED) is 0.720. The maximum atomic E-state index is 9.67. The fourth-order valence-corrected chi connectivity index (χ4v) is 1.58. The van der Waals surface area contributed by atoms with Crippen LogP contribution in [0.5, 0.6) is 5.75 Å². The van der Waals surface area contributed by atoms with Crippen LogP contribution in [-0.4, -0.2) is 11.7 Å². The molecule has 0 unspecified atom stereocenters. The Kier molecular flexibility index (Phi) is 3.81. The van der Waals surface area contributed by atoms with Crippen molar-refractivity contribution >= 4 is 5.69 Å². The Balaban J connectivity index is 2.95. The molecular formula is C12H19NO. The van der Waals surface area contributed by atoms with Gasteiger partial charge in [0.2, 0.25) is 0 Å². The Hall–Kier alpha value is -1.18. The van der Waals surface area contributed by atoms with E-state index in [1.807, 2.05) is 13.0 Å². The minimum atomic E-state index is 0.352. The van der Waals surface area contributed by atoms with E-state index in [1.54, 1.807) is 6.07 Å². The summed E-state index contributed by atoms with van der Waals surface area (Å²) in [5.41, 5.74) is 2.09. The molecule has 2 nitrogen and oxygen atoms in total. The van der Waals surface area contributed by atoms with Gasteiger partial charge >= 0.3 is 0 Å². The molecule has 0 radical (unpaired) electrons. The summed E-state index contributed by atoms with van der Waals surface area (Å²) in [4.78, 5) is 0. The molecule has 0 bridgehead atoms. The van der Waals surface area contributed by atoms with E-state index in [0.29, 0.717) is 11.7 Å². The Bertz CT molecular complexity index is 294. The van der Waals surface area contributed by atoms with Crippen molar-refractivity contribution in [1.82, 2.24) is 0 Å². The predicted molar refractivity (Wildman–Crippen MR) is 60.8 cm³/mol. The third-order valence-electron chi connectivity index (χ3n) is 2.11. The second kappa shape index (κ2) is 4.89. The molecule has 2 heteroatoms. The lowest BCUT2D eigenvalue weighted by atomic mass is 10.0. The van der Waals surface area contributed by atoms with Crippen molar-refractivity contribution in [2.75, 3.05) is 11.9 Å². The summed E-state index contributed by atoms with van der Waals surface area (Å²) in [6.45, 7) is 7.23. The van der Waals surface area contributed by atoms with Crippen molar-refractivity contribution in [3.05, 3.63) is 23.8 Å². The monoisotopic (exact) mass is 193 g/mol. The molecule has 0 saturated heterocycles. The number of nitrogens with one attached hydrogen (secondary N) is 1. The van der Waals surface area contributed by atoms with Gasteiger partial charge in [-0.05, 0) is 30.9 Å². The second-order valence-corrected chi connectivity index (χ2v) is 3.94. The Morgan fingerprint density at radius 2 is 2.07 bits per heavy atom. The summed E-state index contributed by atoms with van der Waals surface area (Å²) in [6, 6.07) is 5.69. The van der Waals surface area contributed by atoms with E-state index < -0.39 is 0 Å². The summed E-state index contributed by atoms with van der Waals surface area (Å²) in [5.74, 6) is 0.958. The molecule has 0 aromatic heterocycles. The summed E-state index contributed by atoms with van der Waals surface area (Å²) in [7, 11) is 0. The first-order valence-electron chi connectivity index (χ1n) is 5.19. The van der Waals surface area contributed by atoms with Gasteiger partial charge in [-0.3, -0.25) is 0 Å². The van der Waals surface area contributed by atoms with Crippen molar-refractivity contribution in [3.63, 3.8) is 0 Å². The maximum absolute atomic E-state index is 9.67. The lowest BCUT2D eigenvalue weighted by molar-refractivity contribution is 0.476. The molecule has 14 heavy (non-hydrogen) atoms. The molecule has 0 aliphatic rings. The fraction of sp³-hybridized carbons (Fsp3) is 0.500. The van der Waals surface area contributed by atoms with E-state index in [-0.39, 0.29) is 0 Å². The van der Waals surface area contributed by atoms with Crippen LogP contribution in [0.1, 0.15) is 26.3 Å². The van der Waals surface area contributed by atoms with E-state index in [1.165, 1.54) is 5.56 Å². The Morgan fingerprint density at radius 3 is 2.64 bits per heavy atom. The maximum Gasteiger partial charge on any atom is 0.138 e. The first-order chi connectivity index (χ1) is 6.65. The number of para-hydroxylation sites is 1. The molecule has 1 aromatic rings. The largest absolute Gasteiger partial charge is 0.506 e. The molecule has 0 saturated carbocycles. The van der Waals surface area contributed by atoms with Crippen LogP contribution in [-0.2, 0) is 6.42 Å². The normalized spacial score (nSPS) is 10.6.